The molecule has 30 heavy (non-hydrogen) atoms. The van der Waals surface area contributed by atoms with Crippen molar-refractivity contribution in [3.63, 3.8) is 0 Å². The van der Waals surface area contributed by atoms with Gasteiger partial charge in [-0.15, -0.1) is 0 Å². The van der Waals surface area contributed by atoms with E-state index in [9.17, 15) is 4.79 Å². The van der Waals surface area contributed by atoms with Crippen LogP contribution >= 0.6 is 0 Å². The number of carbonyl (C=O) groups excluding carboxylic acids is 1. The second-order valence-corrected chi connectivity index (χ2v) is 7.49. The Bertz CT molecular complexity index is 933. The fourth-order valence-corrected chi connectivity index (χ4v) is 3.30. The van der Waals surface area contributed by atoms with Crippen LogP contribution in [0.15, 0.2) is 62.1 Å². The molecule has 160 valence electrons. The van der Waals surface area contributed by atoms with Gasteiger partial charge in [0.05, 0.1) is 31.7 Å². The van der Waals surface area contributed by atoms with Crippen molar-refractivity contribution >= 4 is 12.0 Å². The lowest BCUT2D eigenvalue weighted by Gasteiger charge is -2.00. The highest BCUT2D eigenvalue weighted by Crippen LogP contribution is 2.18. The van der Waals surface area contributed by atoms with Crippen LogP contribution in [-0.2, 0) is 19.3 Å². The number of carbonyl (C=O) groups is 1. The summed E-state index contributed by atoms with van der Waals surface area (Å²) in [5.41, 5.74) is 4.68. The van der Waals surface area contributed by atoms with Gasteiger partial charge in [0.15, 0.2) is 5.76 Å². The zero-order chi connectivity index (χ0) is 21.2. The second kappa shape index (κ2) is 11.3. The quantitative estimate of drug-likeness (QED) is 0.447. The van der Waals surface area contributed by atoms with Crippen LogP contribution in [0.4, 0.5) is 0 Å². The molecule has 2 N–H and O–H groups in total. The SMILES string of the molecule is C/C(=C\c1cc(CCCc2ccoc2)co1)CCCc1coc(C(=O)NCCO)c1. The van der Waals surface area contributed by atoms with E-state index in [4.69, 9.17) is 18.4 Å². The zero-order valence-electron chi connectivity index (χ0n) is 17.4. The van der Waals surface area contributed by atoms with Crippen LogP contribution in [0.5, 0.6) is 0 Å². The van der Waals surface area contributed by atoms with Crippen LogP contribution in [0.3, 0.4) is 0 Å². The maximum Gasteiger partial charge on any atom is 0.287 e. The molecule has 0 spiro atoms. The molecule has 0 atom stereocenters. The molecule has 3 aromatic heterocycles. The van der Waals surface area contributed by atoms with Crippen molar-refractivity contribution in [1.29, 1.82) is 0 Å². The molecule has 0 saturated carbocycles. The van der Waals surface area contributed by atoms with E-state index in [1.807, 2.05) is 12.3 Å². The molecule has 0 aliphatic carbocycles. The smallest absolute Gasteiger partial charge is 0.287 e. The number of rotatable bonds is 12. The van der Waals surface area contributed by atoms with Gasteiger partial charge in [0.2, 0.25) is 0 Å². The van der Waals surface area contributed by atoms with Gasteiger partial charge in [-0.25, -0.2) is 0 Å². The van der Waals surface area contributed by atoms with Crippen molar-refractivity contribution in [2.45, 2.75) is 45.4 Å². The number of furan rings is 3. The van der Waals surface area contributed by atoms with Gasteiger partial charge in [-0.1, -0.05) is 5.57 Å². The van der Waals surface area contributed by atoms with Crippen molar-refractivity contribution < 1.29 is 23.2 Å². The van der Waals surface area contributed by atoms with Crippen molar-refractivity contribution in [1.82, 2.24) is 5.32 Å². The Hall–Kier alpha value is -2.99. The molecule has 0 aromatic carbocycles. The summed E-state index contributed by atoms with van der Waals surface area (Å²) in [7, 11) is 0. The Morgan fingerprint density at radius 2 is 1.80 bits per heavy atom. The average molecular weight is 411 g/mol. The summed E-state index contributed by atoms with van der Waals surface area (Å²) in [4.78, 5) is 11.8. The van der Waals surface area contributed by atoms with Crippen LogP contribution in [0.1, 0.15) is 59.2 Å². The summed E-state index contributed by atoms with van der Waals surface area (Å²) in [6.45, 7) is 2.23. The maximum atomic E-state index is 11.8. The molecule has 1 amide bonds. The first-order chi connectivity index (χ1) is 14.6. The van der Waals surface area contributed by atoms with E-state index in [0.29, 0.717) is 0 Å². The molecular weight excluding hydrogens is 382 g/mol. The van der Waals surface area contributed by atoms with Crippen LogP contribution in [0.25, 0.3) is 6.08 Å². The Kier molecular flexibility index (Phi) is 8.15. The standard InChI is InChI=1S/C24H29NO5/c1-18(4-2-6-21-14-23(30-17-21)24(27)25-9-10-26)12-22-13-20(16-29-22)7-3-5-19-8-11-28-15-19/h8,11-17,26H,2-7,9-10H2,1H3,(H,25,27)/b18-12+. The second-order valence-electron chi connectivity index (χ2n) is 7.49. The zero-order valence-corrected chi connectivity index (χ0v) is 17.4. The first-order valence-corrected chi connectivity index (χ1v) is 10.4. The van der Waals surface area contributed by atoms with Crippen LogP contribution in [-0.4, -0.2) is 24.2 Å². The summed E-state index contributed by atoms with van der Waals surface area (Å²) < 4.78 is 16.1. The van der Waals surface area contributed by atoms with Gasteiger partial charge in [-0.3, -0.25) is 4.79 Å². The van der Waals surface area contributed by atoms with E-state index in [1.165, 1.54) is 16.7 Å². The van der Waals surface area contributed by atoms with Crippen LogP contribution in [0.2, 0.25) is 0 Å². The third-order valence-corrected chi connectivity index (χ3v) is 4.89. The van der Waals surface area contributed by atoms with E-state index in [2.05, 4.69) is 24.4 Å². The molecule has 3 rings (SSSR count). The third kappa shape index (κ3) is 6.81. The van der Waals surface area contributed by atoms with Crippen molar-refractivity contribution in [2.75, 3.05) is 13.2 Å². The monoisotopic (exact) mass is 411 g/mol. The van der Waals surface area contributed by atoms with E-state index in [-0.39, 0.29) is 24.8 Å². The normalized spacial score (nSPS) is 11.7. The van der Waals surface area contributed by atoms with Gasteiger partial charge in [-0.2, -0.15) is 0 Å². The molecule has 0 bridgehead atoms. The highest BCUT2D eigenvalue weighted by Gasteiger charge is 2.10. The Morgan fingerprint density at radius 1 is 1.03 bits per heavy atom. The molecule has 0 aliphatic heterocycles. The first kappa shape index (κ1) is 21.7. The minimum absolute atomic E-state index is 0.0899. The number of aliphatic hydroxyl groups excluding tert-OH is 1. The predicted molar refractivity (Wildman–Crippen MR) is 114 cm³/mol. The lowest BCUT2D eigenvalue weighted by molar-refractivity contribution is 0.0917. The van der Waals surface area contributed by atoms with E-state index in [0.717, 1.165) is 49.8 Å². The molecular formula is C24H29NO5. The number of amides is 1. The van der Waals surface area contributed by atoms with Gasteiger partial charge >= 0.3 is 0 Å². The molecule has 6 nitrogen and oxygen atoms in total. The number of aryl methyl sites for hydroxylation is 3. The van der Waals surface area contributed by atoms with Crippen molar-refractivity contribution in [3.8, 4) is 0 Å². The van der Waals surface area contributed by atoms with E-state index >= 15 is 0 Å². The summed E-state index contributed by atoms with van der Waals surface area (Å²) in [5, 5.41) is 11.3. The molecule has 6 heteroatoms. The largest absolute Gasteiger partial charge is 0.472 e. The number of aliphatic hydroxyl groups is 1. The van der Waals surface area contributed by atoms with Crippen LogP contribution < -0.4 is 5.32 Å². The fourth-order valence-electron chi connectivity index (χ4n) is 3.30. The molecule has 3 aromatic rings. The maximum absolute atomic E-state index is 11.8. The van der Waals surface area contributed by atoms with E-state index in [1.54, 1.807) is 24.9 Å². The Balaban J connectivity index is 1.39. The minimum Gasteiger partial charge on any atom is -0.472 e. The Labute approximate surface area is 176 Å². The molecule has 0 saturated heterocycles. The Morgan fingerprint density at radius 3 is 2.60 bits per heavy atom. The predicted octanol–water partition coefficient (Wildman–Crippen LogP) is 4.79. The van der Waals surface area contributed by atoms with E-state index < -0.39 is 0 Å². The van der Waals surface area contributed by atoms with Crippen molar-refractivity contribution in [2.24, 2.45) is 0 Å². The van der Waals surface area contributed by atoms with Gasteiger partial charge in [0.1, 0.15) is 5.76 Å². The summed E-state index contributed by atoms with van der Waals surface area (Å²) in [6.07, 6.45) is 14.8. The summed E-state index contributed by atoms with van der Waals surface area (Å²) in [6, 6.07) is 5.86. The highest BCUT2D eigenvalue weighted by molar-refractivity contribution is 5.91. The number of allylic oxidation sites excluding steroid dienone is 1. The summed E-state index contributed by atoms with van der Waals surface area (Å²) >= 11 is 0. The molecule has 0 fully saturated rings. The van der Waals surface area contributed by atoms with Gasteiger partial charge < -0.3 is 23.7 Å². The van der Waals surface area contributed by atoms with Gasteiger partial charge in [0, 0.05) is 6.54 Å². The minimum atomic E-state index is -0.301. The van der Waals surface area contributed by atoms with Gasteiger partial charge in [-0.05, 0) is 86.4 Å². The highest BCUT2D eigenvalue weighted by atomic mass is 16.3. The number of hydrogen-bond donors (Lipinski definition) is 2. The molecule has 0 radical (unpaired) electrons. The fraction of sp³-hybridized carbons (Fsp3) is 0.375. The average Bonchev–Trinajstić information content (AvgIpc) is 3.49. The lowest BCUT2D eigenvalue weighted by atomic mass is 10.1. The molecule has 0 aliphatic rings. The first-order valence-electron chi connectivity index (χ1n) is 10.4. The molecule has 0 unspecified atom stereocenters. The topological polar surface area (TPSA) is 88.8 Å². The number of hydrogen-bond acceptors (Lipinski definition) is 5. The number of nitrogens with one attached hydrogen (secondary N) is 1. The lowest BCUT2D eigenvalue weighted by Crippen LogP contribution is -2.25. The van der Waals surface area contributed by atoms with Gasteiger partial charge in [0.25, 0.3) is 5.91 Å². The van der Waals surface area contributed by atoms with Crippen LogP contribution in [0, 0.1) is 0 Å². The third-order valence-electron chi connectivity index (χ3n) is 4.89. The summed E-state index contributed by atoms with van der Waals surface area (Å²) in [5.74, 6) is 0.864. The van der Waals surface area contributed by atoms with Crippen molar-refractivity contribution in [3.05, 3.63) is 77.0 Å². The molecule has 3 heterocycles.